The van der Waals surface area contributed by atoms with Gasteiger partial charge in [0, 0.05) is 34.9 Å². The molecule has 1 saturated heterocycles. The molecule has 0 amide bonds. The zero-order valence-electron chi connectivity index (χ0n) is 27.5. The van der Waals surface area contributed by atoms with Crippen LogP contribution in [-0.2, 0) is 25.5 Å². The van der Waals surface area contributed by atoms with Gasteiger partial charge in [-0.05, 0) is 118 Å². The van der Waals surface area contributed by atoms with E-state index in [1.165, 1.54) is 37.7 Å². The summed E-state index contributed by atoms with van der Waals surface area (Å²) in [4.78, 5) is 26.2. The van der Waals surface area contributed by atoms with Crippen LogP contribution in [0.15, 0.2) is 64.6 Å². The SMILES string of the molecule is Cc1ccc(C#Cc2ccc3oc(CC4(C(=O)OCC5C/C(=C\CC6(C)CC7CC(C)CC(C7)C6)C(=O)O5)CCC4)cc3c2)cc1. The van der Waals surface area contributed by atoms with Gasteiger partial charge in [0.2, 0.25) is 0 Å². The van der Waals surface area contributed by atoms with Crippen molar-refractivity contribution in [1.82, 2.24) is 0 Å². The second-order valence-electron chi connectivity index (χ2n) is 15.4. The number of benzene rings is 2. The fourth-order valence-corrected chi connectivity index (χ4v) is 8.86. The Balaban J connectivity index is 0.942. The summed E-state index contributed by atoms with van der Waals surface area (Å²) < 4.78 is 17.7. The van der Waals surface area contributed by atoms with Gasteiger partial charge in [0.1, 0.15) is 24.1 Å². The summed E-state index contributed by atoms with van der Waals surface area (Å²) in [6.45, 7) is 6.97. The molecule has 4 aliphatic rings. The third-order valence-corrected chi connectivity index (χ3v) is 11.2. The van der Waals surface area contributed by atoms with Crippen molar-refractivity contribution < 1.29 is 23.5 Å². The highest BCUT2D eigenvalue weighted by Crippen LogP contribution is 2.52. The number of fused-ring (bicyclic) bond motifs is 3. The maximum Gasteiger partial charge on any atom is 0.334 e. The van der Waals surface area contributed by atoms with Gasteiger partial charge in [0.05, 0.1) is 5.41 Å². The summed E-state index contributed by atoms with van der Waals surface area (Å²) >= 11 is 0. The van der Waals surface area contributed by atoms with Crippen LogP contribution in [0.5, 0.6) is 0 Å². The molecular weight excluding hydrogens is 572 g/mol. The smallest absolute Gasteiger partial charge is 0.334 e. The van der Waals surface area contributed by atoms with Crippen molar-refractivity contribution in [3.05, 3.63) is 82.6 Å². The van der Waals surface area contributed by atoms with Gasteiger partial charge in [0.25, 0.3) is 0 Å². The normalized spacial score (nSPS) is 29.1. The average Bonchev–Trinajstić information content (AvgIpc) is 3.57. The van der Waals surface area contributed by atoms with Crippen LogP contribution in [0.4, 0.5) is 0 Å². The zero-order valence-corrected chi connectivity index (χ0v) is 27.5. The zero-order chi connectivity index (χ0) is 31.9. The van der Waals surface area contributed by atoms with Crippen LogP contribution < -0.4 is 0 Å². The lowest BCUT2D eigenvalue weighted by Gasteiger charge is -2.47. The fraction of sp³-hybridized carbons (Fsp3) is 0.512. The quantitative estimate of drug-likeness (QED) is 0.150. The number of furan rings is 1. The van der Waals surface area contributed by atoms with Crippen LogP contribution in [0.3, 0.4) is 0 Å². The molecule has 0 radical (unpaired) electrons. The summed E-state index contributed by atoms with van der Waals surface area (Å²) in [5.41, 5.74) is 4.32. The Morgan fingerprint density at radius 3 is 2.43 bits per heavy atom. The Hall–Kier alpha value is -3.78. The molecule has 3 unspecified atom stereocenters. The first kappa shape index (κ1) is 30.9. The van der Waals surface area contributed by atoms with Gasteiger partial charge in [0.15, 0.2) is 0 Å². The first-order valence-electron chi connectivity index (χ1n) is 17.3. The van der Waals surface area contributed by atoms with Gasteiger partial charge in [-0.1, -0.05) is 55.9 Å². The van der Waals surface area contributed by atoms with Gasteiger partial charge >= 0.3 is 11.9 Å². The number of hydrogen-bond acceptors (Lipinski definition) is 5. The molecule has 1 aliphatic heterocycles. The molecule has 3 aliphatic carbocycles. The number of ether oxygens (including phenoxy) is 2. The second-order valence-corrected chi connectivity index (χ2v) is 15.4. The molecule has 240 valence electrons. The highest BCUT2D eigenvalue weighted by Gasteiger charge is 2.47. The van der Waals surface area contributed by atoms with E-state index in [1.54, 1.807) is 0 Å². The van der Waals surface area contributed by atoms with E-state index in [1.807, 2.05) is 36.4 Å². The summed E-state index contributed by atoms with van der Waals surface area (Å²) in [5, 5.41) is 0.977. The maximum absolute atomic E-state index is 13.4. The maximum atomic E-state index is 13.4. The standard InChI is InChI=1S/C41H46O5/c1-27-5-7-29(8-6-27)9-10-30-11-12-37-34(20-30)22-35(45-37)25-41(14-4-15-41)39(43)44-26-36-21-33(38(42)46-36)13-16-40(3)23-31-17-28(2)18-32(19-31)24-40/h5-8,11-13,20,22,28,31-32,36H,4,14-19,21,23-26H2,1-3H3/b33-13+. The van der Waals surface area contributed by atoms with E-state index < -0.39 is 11.5 Å². The number of carbonyl (C=O) groups excluding carboxylic acids is 2. The number of esters is 2. The fourth-order valence-electron chi connectivity index (χ4n) is 8.86. The molecule has 4 fully saturated rings. The van der Waals surface area contributed by atoms with E-state index >= 15 is 0 Å². The van der Waals surface area contributed by atoms with E-state index in [-0.39, 0.29) is 24.0 Å². The predicted octanol–water partition coefficient (Wildman–Crippen LogP) is 8.88. The van der Waals surface area contributed by atoms with Crippen LogP contribution in [-0.4, -0.2) is 24.6 Å². The van der Waals surface area contributed by atoms with Crippen LogP contribution >= 0.6 is 0 Å². The van der Waals surface area contributed by atoms with E-state index in [0.29, 0.717) is 12.8 Å². The summed E-state index contributed by atoms with van der Waals surface area (Å²) in [6, 6.07) is 16.2. The Labute approximate surface area is 273 Å². The molecule has 1 aromatic heterocycles. The highest BCUT2D eigenvalue weighted by molar-refractivity contribution is 5.90. The third kappa shape index (κ3) is 6.68. The third-order valence-electron chi connectivity index (χ3n) is 11.2. The average molecular weight is 619 g/mol. The number of aryl methyl sites for hydroxylation is 1. The van der Waals surface area contributed by atoms with Gasteiger partial charge in [-0.2, -0.15) is 0 Å². The molecule has 5 heteroatoms. The molecule has 46 heavy (non-hydrogen) atoms. The molecule has 0 N–H and O–H groups in total. The molecule has 3 aromatic rings. The van der Waals surface area contributed by atoms with E-state index in [2.05, 4.69) is 50.8 Å². The lowest BCUT2D eigenvalue weighted by molar-refractivity contribution is -0.167. The molecule has 2 aromatic carbocycles. The number of hydrogen-bond donors (Lipinski definition) is 0. The van der Waals surface area contributed by atoms with Crippen LogP contribution in [0.25, 0.3) is 11.0 Å². The first-order chi connectivity index (χ1) is 22.1. The minimum atomic E-state index is -0.589. The Bertz CT molecular complexity index is 1690. The summed E-state index contributed by atoms with van der Waals surface area (Å²) in [5.74, 6) is 9.30. The van der Waals surface area contributed by atoms with E-state index in [9.17, 15) is 9.59 Å². The van der Waals surface area contributed by atoms with E-state index in [4.69, 9.17) is 13.9 Å². The number of cyclic esters (lactones) is 1. The van der Waals surface area contributed by atoms with E-state index in [0.717, 1.165) is 76.9 Å². The van der Waals surface area contributed by atoms with Crippen molar-refractivity contribution in [2.24, 2.45) is 28.6 Å². The Kier molecular flexibility index (Phi) is 8.34. The van der Waals surface area contributed by atoms with Crippen molar-refractivity contribution in [1.29, 1.82) is 0 Å². The minimum absolute atomic E-state index is 0.103. The van der Waals surface area contributed by atoms with Gasteiger partial charge in [-0.3, -0.25) is 4.79 Å². The lowest BCUT2D eigenvalue weighted by Crippen LogP contribution is -2.42. The molecular formula is C41H46O5. The largest absolute Gasteiger partial charge is 0.461 e. The Morgan fingerprint density at radius 1 is 1.00 bits per heavy atom. The van der Waals surface area contributed by atoms with Crippen molar-refractivity contribution in [3.8, 4) is 11.8 Å². The van der Waals surface area contributed by atoms with Crippen LogP contribution in [0.1, 0.15) is 101 Å². The highest BCUT2D eigenvalue weighted by atomic mass is 16.6. The summed E-state index contributed by atoms with van der Waals surface area (Å²) in [7, 11) is 0. The molecule has 3 saturated carbocycles. The van der Waals surface area contributed by atoms with Crippen molar-refractivity contribution in [2.75, 3.05) is 6.61 Å². The van der Waals surface area contributed by atoms with Crippen molar-refractivity contribution in [2.45, 2.75) is 97.5 Å². The topological polar surface area (TPSA) is 65.7 Å². The number of allylic oxidation sites excluding steroid dienone is 1. The predicted molar refractivity (Wildman–Crippen MR) is 179 cm³/mol. The van der Waals surface area contributed by atoms with Crippen molar-refractivity contribution in [3.63, 3.8) is 0 Å². The van der Waals surface area contributed by atoms with Crippen LogP contribution in [0.2, 0.25) is 0 Å². The first-order valence-corrected chi connectivity index (χ1v) is 17.3. The molecule has 7 rings (SSSR count). The van der Waals surface area contributed by atoms with Crippen LogP contribution in [0, 0.1) is 47.3 Å². The van der Waals surface area contributed by atoms with Gasteiger partial charge in [-0.25, -0.2) is 4.79 Å². The molecule has 0 spiro atoms. The van der Waals surface area contributed by atoms with Gasteiger partial charge < -0.3 is 13.9 Å². The second kappa shape index (κ2) is 12.4. The molecule has 2 bridgehead atoms. The minimum Gasteiger partial charge on any atom is -0.461 e. The van der Waals surface area contributed by atoms with Gasteiger partial charge in [-0.15, -0.1) is 0 Å². The lowest BCUT2D eigenvalue weighted by atomic mass is 9.58. The monoisotopic (exact) mass is 618 g/mol. The molecule has 5 nitrogen and oxygen atoms in total. The number of rotatable bonds is 7. The molecule has 2 heterocycles. The van der Waals surface area contributed by atoms with Crippen molar-refractivity contribution >= 4 is 22.9 Å². The summed E-state index contributed by atoms with van der Waals surface area (Å²) in [6.07, 6.45) is 12.8. The number of carbonyl (C=O) groups is 2. The Morgan fingerprint density at radius 2 is 1.72 bits per heavy atom. The molecule has 3 atom stereocenters.